The fraction of sp³-hybridized carbons (Fsp3) is 0.368. The number of aromatic nitrogens is 2. The zero-order valence-corrected chi connectivity index (χ0v) is 15.4. The second kappa shape index (κ2) is 7.11. The third-order valence-corrected chi connectivity index (χ3v) is 4.28. The molecule has 0 saturated heterocycles. The minimum Gasteiger partial charge on any atom is -0.493 e. The fourth-order valence-corrected chi connectivity index (χ4v) is 3.07. The first-order chi connectivity index (χ1) is 12.4. The van der Waals surface area contributed by atoms with Gasteiger partial charge in [0.05, 0.1) is 31.8 Å². The number of aromatic amines is 1. The summed E-state index contributed by atoms with van der Waals surface area (Å²) in [6, 6.07) is 7.06. The van der Waals surface area contributed by atoms with Crippen LogP contribution in [0.15, 0.2) is 39.3 Å². The van der Waals surface area contributed by atoms with Crippen LogP contribution in [0.1, 0.15) is 37.1 Å². The molecule has 3 rings (SSSR count). The lowest BCUT2D eigenvalue weighted by molar-refractivity contribution is 0.355. The van der Waals surface area contributed by atoms with Gasteiger partial charge in [0.25, 0.3) is 5.56 Å². The van der Waals surface area contributed by atoms with Gasteiger partial charge in [0.15, 0.2) is 11.5 Å². The van der Waals surface area contributed by atoms with Gasteiger partial charge in [0, 0.05) is 11.6 Å². The molecule has 0 unspecified atom stereocenters. The lowest BCUT2D eigenvalue weighted by Crippen LogP contribution is -2.30. The second-order valence-electron chi connectivity index (χ2n) is 7.02. The van der Waals surface area contributed by atoms with Crippen LogP contribution in [0.4, 0.5) is 0 Å². The molecule has 1 aliphatic rings. The maximum absolute atomic E-state index is 11.6. The van der Waals surface area contributed by atoms with Gasteiger partial charge in [0.2, 0.25) is 0 Å². The van der Waals surface area contributed by atoms with E-state index in [0.29, 0.717) is 11.5 Å². The van der Waals surface area contributed by atoms with Gasteiger partial charge in [-0.1, -0.05) is 13.8 Å². The van der Waals surface area contributed by atoms with Gasteiger partial charge < -0.3 is 9.47 Å². The molecule has 1 aromatic heterocycles. The summed E-state index contributed by atoms with van der Waals surface area (Å²) in [6.45, 7) is 4.30. The second-order valence-corrected chi connectivity index (χ2v) is 7.02. The van der Waals surface area contributed by atoms with Gasteiger partial charge in [-0.3, -0.25) is 4.79 Å². The molecule has 136 valence electrons. The number of fused-ring (bicyclic) bond motifs is 1. The molecular weight excluding hydrogens is 332 g/mol. The Bertz CT molecular complexity index is 929. The van der Waals surface area contributed by atoms with E-state index in [1.54, 1.807) is 26.5 Å². The van der Waals surface area contributed by atoms with Gasteiger partial charge in [-0.2, -0.15) is 15.3 Å². The molecular formula is C19H22N4O3. The molecule has 26 heavy (non-hydrogen) atoms. The van der Waals surface area contributed by atoms with Crippen LogP contribution in [0.25, 0.3) is 0 Å². The standard InChI is InChI=1S/C19H22N4O3/c1-19(2)9-14(13-8-18(24)23-22-15(13)10-19)21-20-11-12-5-6-16(25-3)17(7-12)26-4/h5-8,11H,9-10H2,1-4H3,(H,23,24)/b20-11-,21-14+. The number of ether oxygens (including phenoxy) is 2. The van der Waals surface area contributed by atoms with Crippen molar-refractivity contribution in [1.82, 2.24) is 10.2 Å². The fourth-order valence-electron chi connectivity index (χ4n) is 3.07. The molecule has 1 heterocycles. The molecule has 7 heteroatoms. The highest BCUT2D eigenvalue weighted by atomic mass is 16.5. The third-order valence-electron chi connectivity index (χ3n) is 4.28. The lowest BCUT2D eigenvalue weighted by atomic mass is 9.75. The van der Waals surface area contributed by atoms with Crippen molar-refractivity contribution in [2.75, 3.05) is 14.2 Å². The topological polar surface area (TPSA) is 88.9 Å². The zero-order chi connectivity index (χ0) is 18.7. The lowest BCUT2D eigenvalue weighted by Gasteiger charge is -2.30. The maximum atomic E-state index is 11.6. The van der Waals surface area contributed by atoms with Crippen LogP contribution >= 0.6 is 0 Å². The summed E-state index contributed by atoms with van der Waals surface area (Å²) in [5.41, 5.74) is 3.01. The maximum Gasteiger partial charge on any atom is 0.264 e. The SMILES string of the molecule is COc1ccc(/C=N\N=C2/CC(C)(C)Cc3n[nH]c(=O)cc32)cc1OC. The van der Waals surface area contributed by atoms with Gasteiger partial charge in [-0.15, -0.1) is 0 Å². The van der Waals surface area contributed by atoms with Crippen molar-refractivity contribution in [2.45, 2.75) is 26.7 Å². The van der Waals surface area contributed by atoms with Crippen LogP contribution in [0.2, 0.25) is 0 Å². The first-order valence-electron chi connectivity index (χ1n) is 8.33. The normalized spacial score (nSPS) is 17.3. The smallest absolute Gasteiger partial charge is 0.264 e. The quantitative estimate of drug-likeness (QED) is 0.675. The molecule has 0 amide bonds. The van der Waals surface area contributed by atoms with Crippen LogP contribution in [-0.2, 0) is 6.42 Å². The molecule has 0 bridgehead atoms. The Hall–Kier alpha value is -2.96. The van der Waals surface area contributed by atoms with E-state index < -0.39 is 0 Å². The van der Waals surface area contributed by atoms with Crippen molar-refractivity contribution in [2.24, 2.45) is 15.6 Å². The van der Waals surface area contributed by atoms with E-state index in [2.05, 4.69) is 34.2 Å². The van der Waals surface area contributed by atoms with E-state index >= 15 is 0 Å². The molecule has 0 radical (unpaired) electrons. The number of H-pyrrole nitrogens is 1. The Morgan fingerprint density at radius 1 is 1.15 bits per heavy atom. The van der Waals surface area contributed by atoms with E-state index in [1.807, 2.05) is 18.2 Å². The summed E-state index contributed by atoms with van der Waals surface area (Å²) >= 11 is 0. The van der Waals surface area contributed by atoms with Gasteiger partial charge >= 0.3 is 0 Å². The Morgan fingerprint density at radius 2 is 1.92 bits per heavy atom. The number of hydrogen-bond donors (Lipinski definition) is 1. The highest BCUT2D eigenvalue weighted by Crippen LogP contribution is 2.33. The van der Waals surface area contributed by atoms with Crippen molar-refractivity contribution in [1.29, 1.82) is 0 Å². The Labute approximate surface area is 151 Å². The van der Waals surface area contributed by atoms with Gasteiger partial charge in [-0.05, 0) is 42.0 Å². The molecule has 1 aromatic carbocycles. The number of hydrogen-bond acceptors (Lipinski definition) is 6. The molecule has 7 nitrogen and oxygen atoms in total. The highest BCUT2D eigenvalue weighted by Gasteiger charge is 2.31. The summed E-state index contributed by atoms with van der Waals surface area (Å²) in [7, 11) is 3.18. The molecule has 0 aliphatic heterocycles. The number of nitrogens with zero attached hydrogens (tertiary/aromatic N) is 3. The Kier molecular flexibility index (Phi) is 4.88. The monoisotopic (exact) mass is 354 g/mol. The molecule has 1 aliphatic carbocycles. The van der Waals surface area contributed by atoms with Crippen molar-refractivity contribution < 1.29 is 9.47 Å². The number of methoxy groups -OCH3 is 2. The molecule has 0 saturated carbocycles. The van der Waals surface area contributed by atoms with Crippen LogP contribution in [-0.4, -0.2) is 36.3 Å². The van der Waals surface area contributed by atoms with E-state index in [0.717, 1.165) is 35.4 Å². The minimum atomic E-state index is -0.236. The van der Waals surface area contributed by atoms with Crippen molar-refractivity contribution >= 4 is 11.9 Å². The van der Waals surface area contributed by atoms with Crippen molar-refractivity contribution in [3.8, 4) is 11.5 Å². The first kappa shape index (κ1) is 17.8. The number of nitrogens with one attached hydrogen (secondary N) is 1. The van der Waals surface area contributed by atoms with Gasteiger partial charge in [0.1, 0.15) is 0 Å². The van der Waals surface area contributed by atoms with Crippen LogP contribution in [0, 0.1) is 5.41 Å². The van der Waals surface area contributed by atoms with Crippen LogP contribution in [0.3, 0.4) is 0 Å². The minimum absolute atomic E-state index is 0.00985. The number of benzene rings is 1. The number of rotatable bonds is 4. The van der Waals surface area contributed by atoms with E-state index in [4.69, 9.17) is 9.47 Å². The predicted octanol–water partition coefficient (Wildman–Crippen LogP) is 2.58. The Balaban J connectivity index is 1.92. The average Bonchev–Trinajstić information content (AvgIpc) is 2.61. The average molecular weight is 354 g/mol. The summed E-state index contributed by atoms with van der Waals surface area (Å²) in [6.07, 6.45) is 3.17. The summed E-state index contributed by atoms with van der Waals surface area (Å²) in [4.78, 5) is 11.6. The summed E-state index contributed by atoms with van der Waals surface area (Å²) < 4.78 is 10.5. The van der Waals surface area contributed by atoms with Crippen LogP contribution in [0.5, 0.6) is 11.5 Å². The Morgan fingerprint density at radius 3 is 2.65 bits per heavy atom. The van der Waals surface area contributed by atoms with Crippen LogP contribution < -0.4 is 15.0 Å². The van der Waals surface area contributed by atoms with E-state index in [9.17, 15) is 4.79 Å². The first-order valence-corrected chi connectivity index (χ1v) is 8.33. The molecule has 0 fully saturated rings. The molecule has 0 spiro atoms. The predicted molar refractivity (Wildman–Crippen MR) is 101 cm³/mol. The summed E-state index contributed by atoms with van der Waals surface area (Å²) in [5, 5.41) is 15.3. The van der Waals surface area contributed by atoms with Crippen molar-refractivity contribution in [3.05, 3.63) is 51.4 Å². The van der Waals surface area contributed by atoms with Crippen molar-refractivity contribution in [3.63, 3.8) is 0 Å². The largest absolute Gasteiger partial charge is 0.493 e. The summed E-state index contributed by atoms with van der Waals surface area (Å²) in [5.74, 6) is 1.29. The molecule has 1 N–H and O–H groups in total. The zero-order valence-electron chi connectivity index (χ0n) is 15.4. The van der Waals surface area contributed by atoms with E-state index in [1.165, 1.54) is 0 Å². The third kappa shape index (κ3) is 3.82. The molecule has 0 atom stereocenters. The highest BCUT2D eigenvalue weighted by molar-refractivity contribution is 6.03. The van der Waals surface area contributed by atoms with Gasteiger partial charge in [-0.25, -0.2) is 5.10 Å². The molecule has 2 aromatic rings. The van der Waals surface area contributed by atoms with E-state index in [-0.39, 0.29) is 11.0 Å².